The van der Waals surface area contributed by atoms with E-state index in [1.54, 1.807) is 0 Å². The fraction of sp³-hybridized carbons (Fsp3) is 0.750. The van der Waals surface area contributed by atoms with Crippen molar-refractivity contribution in [3.8, 4) is 0 Å². The van der Waals surface area contributed by atoms with Crippen LogP contribution < -0.4 is 5.73 Å². The second kappa shape index (κ2) is 4.72. The van der Waals surface area contributed by atoms with Crippen LogP contribution >= 0.6 is 0 Å². The number of nitrogens with zero attached hydrogens (tertiary/aromatic N) is 1. The van der Waals surface area contributed by atoms with Crippen molar-refractivity contribution in [2.45, 2.75) is 12.6 Å². The minimum absolute atomic E-state index is 0.0331. The molecule has 0 spiro atoms. The fourth-order valence-corrected chi connectivity index (χ4v) is 2.67. The lowest BCUT2D eigenvalue weighted by atomic mass is 10.1. The molecular weight excluding hydrogens is 245 g/mol. The summed E-state index contributed by atoms with van der Waals surface area (Å²) < 4.78 is 60.7. The third-order valence-corrected chi connectivity index (χ3v) is 4.18. The van der Waals surface area contributed by atoms with Gasteiger partial charge >= 0.3 is 6.18 Å². The van der Waals surface area contributed by atoms with Gasteiger partial charge in [-0.25, -0.2) is 8.42 Å². The van der Waals surface area contributed by atoms with Crippen LogP contribution in [0.1, 0.15) is 6.42 Å². The first-order valence-corrected chi connectivity index (χ1v) is 6.32. The Morgan fingerprint density at radius 1 is 1.44 bits per heavy atom. The second-order valence-electron chi connectivity index (χ2n) is 3.44. The molecule has 0 aromatic heterocycles. The molecule has 16 heavy (non-hydrogen) atoms. The van der Waals surface area contributed by atoms with Crippen LogP contribution in [0, 0.1) is 0 Å². The zero-order valence-electron chi connectivity index (χ0n) is 8.50. The summed E-state index contributed by atoms with van der Waals surface area (Å²) in [7, 11) is -3.51. The van der Waals surface area contributed by atoms with E-state index in [2.05, 4.69) is 0 Å². The van der Waals surface area contributed by atoms with E-state index in [4.69, 9.17) is 5.73 Å². The van der Waals surface area contributed by atoms with Crippen LogP contribution in [0.5, 0.6) is 0 Å². The van der Waals surface area contributed by atoms with Gasteiger partial charge in [-0.15, -0.1) is 0 Å². The molecule has 0 amide bonds. The topological polar surface area (TPSA) is 63.4 Å². The molecule has 1 aliphatic heterocycles. The monoisotopic (exact) mass is 258 g/mol. The molecule has 0 fully saturated rings. The van der Waals surface area contributed by atoms with Crippen LogP contribution in [-0.2, 0) is 10.0 Å². The molecule has 0 aliphatic carbocycles. The van der Waals surface area contributed by atoms with Crippen molar-refractivity contribution in [3.63, 3.8) is 0 Å². The quantitative estimate of drug-likeness (QED) is 0.748. The van der Waals surface area contributed by atoms with E-state index >= 15 is 0 Å². The van der Waals surface area contributed by atoms with E-state index in [0.717, 1.165) is 10.4 Å². The molecule has 0 saturated carbocycles. The largest absolute Gasteiger partial charge is 0.412 e. The van der Waals surface area contributed by atoms with Gasteiger partial charge in [-0.2, -0.15) is 17.5 Å². The Morgan fingerprint density at radius 2 is 2.06 bits per heavy atom. The Labute approximate surface area is 92.0 Å². The van der Waals surface area contributed by atoms with Crippen LogP contribution in [0.25, 0.3) is 0 Å². The highest BCUT2D eigenvalue weighted by atomic mass is 32.2. The summed E-state index contributed by atoms with van der Waals surface area (Å²) in [6, 6.07) is 0. The van der Waals surface area contributed by atoms with Gasteiger partial charge in [0.2, 0.25) is 10.0 Å². The first kappa shape index (κ1) is 13.5. The summed E-state index contributed by atoms with van der Waals surface area (Å²) in [5.74, 6) is -0.234. The molecule has 1 rings (SSSR count). The summed E-state index contributed by atoms with van der Waals surface area (Å²) in [6.07, 6.45) is -3.74. The van der Waals surface area contributed by atoms with Crippen molar-refractivity contribution in [1.82, 2.24) is 4.31 Å². The molecule has 0 bridgehead atoms. The second-order valence-corrected chi connectivity index (χ2v) is 5.53. The van der Waals surface area contributed by atoms with Crippen LogP contribution in [0.3, 0.4) is 0 Å². The average molecular weight is 258 g/mol. The fourth-order valence-electron chi connectivity index (χ4n) is 1.44. The number of nitrogens with two attached hydrogens (primary N) is 1. The molecule has 4 nitrogen and oxygen atoms in total. The van der Waals surface area contributed by atoms with Crippen molar-refractivity contribution >= 4 is 10.0 Å². The first-order valence-electron chi connectivity index (χ1n) is 4.71. The van der Waals surface area contributed by atoms with Gasteiger partial charge in [-0.3, -0.25) is 0 Å². The Bertz CT molecular complexity index is 375. The molecule has 1 aliphatic rings. The smallest absolute Gasteiger partial charge is 0.329 e. The number of hydrogen-bond donors (Lipinski definition) is 1. The maximum Gasteiger partial charge on any atom is 0.412 e. The van der Waals surface area contributed by atoms with E-state index in [-0.39, 0.29) is 31.8 Å². The standard InChI is InChI=1S/C8H13F3N2O2S/c9-8(10,11)7-1-4-13(5-2-7)16(14,15)6-3-12/h1H,2-6,12H2. The Morgan fingerprint density at radius 3 is 2.44 bits per heavy atom. The van der Waals surface area contributed by atoms with E-state index in [9.17, 15) is 21.6 Å². The molecule has 94 valence electrons. The third-order valence-electron chi connectivity index (χ3n) is 2.31. The lowest BCUT2D eigenvalue weighted by Gasteiger charge is -2.26. The van der Waals surface area contributed by atoms with Crippen molar-refractivity contribution in [3.05, 3.63) is 11.6 Å². The van der Waals surface area contributed by atoms with Gasteiger partial charge in [-0.1, -0.05) is 6.08 Å². The number of sulfonamides is 1. The Kier molecular flexibility index (Phi) is 3.97. The van der Waals surface area contributed by atoms with Gasteiger partial charge in [0.1, 0.15) is 0 Å². The predicted molar refractivity (Wildman–Crippen MR) is 53.2 cm³/mol. The average Bonchev–Trinajstić information content (AvgIpc) is 2.16. The maximum absolute atomic E-state index is 12.3. The van der Waals surface area contributed by atoms with Gasteiger partial charge in [0, 0.05) is 25.2 Å². The highest BCUT2D eigenvalue weighted by Crippen LogP contribution is 2.30. The van der Waals surface area contributed by atoms with Gasteiger partial charge in [0.05, 0.1) is 5.75 Å². The SMILES string of the molecule is NCCS(=O)(=O)N1CC=C(C(F)(F)F)CC1. The van der Waals surface area contributed by atoms with Gasteiger partial charge in [-0.05, 0) is 6.42 Å². The van der Waals surface area contributed by atoms with Gasteiger partial charge in [0.15, 0.2) is 0 Å². The van der Waals surface area contributed by atoms with E-state index in [0.29, 0.717) is 0 Å². The third kappa shape index (κ3) is 3.19. The number of halogens is 3. The van der Waals surface area contributed by atoms with Crippen molar-refractivity contribution in [2.24, 2.45) is 5.73 Å². The molecular formula is C8H13F3N2O2S. The van der Waals surface area contributed by atoms with Crippen LogP contribution in [0.4, 0.5) is 13.2 Å². The zero-order chi connectivity index (χ0) is 12.4. The van der Waals surface area contributed by atoms with Crippen molar-refractivity contribution in [1.29, 1.82) is 0 Å². The van der Waals surface area contributed by atoms with E-state index < -0.39 is 21.8 Å². The number of alkyl halides is 3. The molecule has 2 N–H and O–H groups in total. The summed E-state index contributed by atoms with van der Waals surface area (Å²) >= 11 is 0. The molecule has 0 aromatic rings. The normalized spacial score (nSPS) is 19.6. The first-order chi connectivity index (χ1) is 7.27. The zero-order valence-corrected chi connectivity index (χ0v) is 9.31. The lowest BCUT2D eigenvalue weighted by Crippen LogP contribution is -2.39. The number of rotatable bonds is 3. The minimum Gasteiger partial charge on any atom is -0.329 e. The van der Waals surface area contributed by atoms with Crippen LogP contribution in [0.15, 0.2) is 11.6 Å². The number of hydrogen-bond acceptors (Lipinski definition) is 3. The van der Waals surface area contributed by atoms with E-state index in [1.807, 2.05) is 0 Å². The predicted octanol–water partition coefficient (Wildman–Crippen LogP) is 0.469. The summed E-state index contributed by atoms with van der Waals surface area (Å²) in [5.41, 5.74) is 4.46. The minimum atomic E-state index is -4.36. The van der Waals surface area contributed by atoms with E-state index in [1.165, 1.54) is 0 Å². The summed E-state index contributed by atoms with van der Waals surface area (Å²) in [6.45, 7) is -0.389. The summed E-state index contributed by atoms with van der Waals surface area (Å²) in [5, 5.41) is 0. The molecule has 0 unspecified atom stereocenters. The van der Waals surface area contributed by atoms with Crippen molar-refractivity contribution in [2.75, 3.05) is 25.4 Å². The van der Waals surface area contributed by atoms with Crippen LogP contribution in [0.2, 0.25) is 0 Å². The Hall–Kier alpha value is -0.600. The maximum atomic E-state index is 12.3. The molecule has 1 heterocycles. The molecule has 8 heteroatoms. The van der Waals surface area contributed by atoms with Gasteiger partial charge < -0.3 is 5.73 Å². The summed E-state index contributed by atoms with van der Waals surface area (Å²) in [4.78, 5) is 0. The van der Waals surface area contributed by atoms with Gasteiger partial charge in [0.25, 0.3) is 0 Å². The lowest BCUT2D eigenvalue weighted by molar-refractivity contribution is -0.0953. The Balaban J connectivity index is 2.72. The molecule has 0 atom stereocenters. The van der Waals surface area contributed by atoms with Crippen molar-refractivity contribution < 1.29 is 21.6 Å². The molecule has 0 saturated heterocycles. The molecule has 0 aromatic carbocycles. The molecule has 0 radical (unpaired) electrons. The van der Waals surface area contributed by atoms with Crippen LogP contribution in [-0.4, -0.2) is 44.3 Å². The highest BCUT2D eigenvalue weighted by Gasteiger charge is 2.36. The highest BCUT2D eigenvalue weighted by molar-refractivity contribution is 7.89.